The first-order valence-corrected chi connectivity index (χ1v) is 6.13. The van der Waals surface area contributed by atoms with Gasteiger partial charge in [0.1, 0.15) is 5.83 Å². The summed E-state index contributed by atoms with van der Waals surface area (Å²) < 4.78 is 14.0. The van der Waals surface area contributed by atoms with Crippen LogP contribution in [-0.4, -0.2) is 0 Å². The van der Waals surface area contributed by atoms with Gasteiger partial charge in [0.25, 0.3) is 0 Å². The lowest BCUT2D eigenvalue weighted by Crippen LogP contribution is -2.36. The summed E-state index contributed by atoms with van der Waals surface area (Å²) in [5.74, 6) is 0.00660. The third-order valence-electron chi connectivity index (χ3n) is 4.57. The molecule has 0 fully saturated rings. The number of allylic oxidation sites excluding steroid dienone is 6. The highest BCUT2D eigenvalue weighted by Crippen LogP contribution is 2.56. The maximum Gasteiger partial charge on any atom is 0.123 e. The smallest absolute Gasteiger partial charge is 0.123 e. The van der Waals surface area contributed by atoms with Crippen molar-refractivity contribution in [1.82, 2.24) is 0 Å². The van der Waals surface area contributed by atoms with E-state index in [0.29, 0.717) is 0 Å². The molecule has 0 unspecified atom stereocenters. The third-order valence-corrected chi connectivity index (χ3v) is 4.57. The average Bonchev–Trinajstić information content (AvgIpc) is 2.55. The fourth-order valence-corrected chi connectivity index (χ4v) is 2.85. The monoisotopic (exact) mass is 220 g/mol. The van der Waals surface area contributed by atoms with E-state index in [9.17, 15) is 4.39 Å². The minimum atomic E-state index is -0.113. The van der Waals surface area contributed by atoms with Gasteiger partial charge in [-0.05, 0) is 41.1 Å². The highest BCUT2D eigenvalue weighted by atomic mass is 19.1. The molecule has 0 saturated heterocycles. The maximum atomic E-state index is 14.0. The second kappa shape index (κ2) is 3.32. The lowest BCUT2D eigenvalue weighted by atomic mass is 9.59. The van der Waals surface area contributed by atoms with Gasteiger partial charge in [0.15, 0.2) is 0 Å². The van der Waals surface area contributed by atoms with Gasteiger partial charge in [-0.1, -0.05) is 40.7 Å². The quantitative estimate of drug-likeness (QED) is 0.587. The second-order valence-electron chi connectivity index (χ2n) is 5.98. The summed E-state index contributed by atoms with van der Waals surface area (Å²) in [7, 11) is 0. The van der Waals surface area contributed by atoms with Crippen LogP contribution in [0.4, 0.5) is 4.39 Å². The third kappa shape index (κ3) is 1.33. The SMILES string of the molecule is CCC1=CC(C)(C)C(C)(C)C2=C1CC=C2F. The Morgan fingerprint density at radius 1 is 1.25 bits per heavy atom. The summed E-state index contributed by atoms with van der Waals surface area (Å²) in [6.07, 6.45) is 5.86. The average molecular weight is 220 g/mol. The molecule has 0 amide bonds. The first-order valence-electron chi connectivity index (χ1n) is 6.13. The van der Waals surface area contributed by atoms with Gasteiger partial charge < -0.3 is 0 Å². The lowest BCUT2D eigenvalue weighted by Gasteiger charge is -2.45. The van der Waals surface area contributed by atoms with Crippen LogP contribution in [0.15, 0.2) is 34.7 Å². The number of halogens is 1. The Labute approximate surface area is 97.9 Å². The van der Waals surface area contributed by atoms with Crippen molar-refractivity contribution in [2.45, 2.75) is 47.5 Å². The molecular formula is C15H21F. The van der Waals surface area contributed by atoms with Crippen molar-refractivity contribution < 1.29 is 4.39 Å². The molecule has 1 heteroatoms. The van der Waals surface area contributed by atoms with Crippen molar-refractivity contribution in [3.05, 3.63) is 34.7 Å². The zero-order valence-electron chi connectivity index (χ0n) is 10.9. The van der Waals surface area contributed by atoms with E-state index in [1.54, 1.807) is 6.08 Å². The number of rotatable bonds is 1. The standard InChI is InChI=1S/C15H21F/c1-6-10-9-14(2,3)15(4,5)13-11(10)7-8-12(13)16/h8-9H,6-7H2,1-5H3. The van der Waals surface area contributed by atoms with Crippen LogP contribution < -0.4 is 0 Å². The summed E-state index contributed by atoms with van der Waals surface area (Å²) >= 11 is 0. The van der Waals surface area contributed by atoms with E-state index in [4.69, 9.17) is 0 Å². The van der Waals surface area contributed by atoms with E-state index in [2.05, 4.69) is 40.7 Å². The summed E-state index contributed by atoms with van der Waals surface area (Å²) in [6.45, 7) is 10.9. The predicted octanol–water partition coefficient (Wildman–Crippen LogP) is 4.94. The molecule has 0 saturated carbocycles. The van der Waals surface area contributed by atoms with Crippen molar-refractivity contribution in [1.29, 1.82) is 0 Å². The molecule has 16 heavy (non-hydrogen) atoms. The minimum Gasteiger partial charge on any atom is -0.207 e. The topological polar surface area (TPSA) is 0 Å². The van der Waals surface area contributed by atoms with Crippen LogP contribution in [0.1, 0.15) is 47.5 Å². The molecule has 0 aromatic heterocycles. The van der Waals surface area contributed by atoms with Gasteiger partial charge in [-0.15, -0.1) is 0 Å². The molecule has 0 aromatic rings. The van der Waals surface area contributed by atoms with Crippen molar-refractivity contribution in [2.75, 3.05) is 0 Å². The molecule has 88 valence electrons. The van der Waals surface area contributed by atoms with Crippen molar-refractivity contribution >= 4 is 0 Å². The molecule has 0 radical (unpaired) electrons. The molecule has 0 nitrogen and oxygen atoms in total. The Hall–Kier alpha value is -0.850. The van der Waals surface area contributed by atoms with E-state index in [-0.39, 0.29) is 16.7 Å². The molecule has 2 rings (SSSR count). The van der Waals surface area contributed by atoms with Gasteiger partial charge in [-0.2, -0.15) is 0 Å². The fraction of sp³-hybridized carbons (Fsp3) is 0.600. The van der Waals surface area contributed by atoms with Crippen LogP contribution in [-0.2, 0) is 0 Å². The molecule has 0 bridgehead atoms. The van der Waals surface area contributed by atoms with Gasteiger partial charge in [0.05, 0.1) is 0 Å². The number of hydrogen-bond acceptors (Lipinski definition) is 0. The summed E-state index contributed by atoms with van der Waals surface area (Å²) in [5.41, 5.74) is 3.44. The van der Waals surface area contributed by atoms with Gasteiger partial charge in [0.2, 0.25) is 0 Å². The van der Waals surface area contributed by atoms with Gasteiger partial charge >= 0.3 is 0 Å². The highest BCUT2D eigenvalue weighted by Gasteiger charge is 2.45. The molecule has 0 spiro atoms. The molecule has 2 aliphatic carbocycles. The minimum absolute atomic E-state index is 0.00660. The Kier molecular flexibility index (Phi) is 2.41. The van der Waals surface area contributed by atoms with Gasteiger partial charge in [-0.3, -0.25) is 0 Å². The Bertz CT molecular complexity index is 417. The highest BCUT2D eigenvalue weighted by molar-refractivity contribution is 5.55. The number of hydrogen-bond donors (Lipinski definition) is 0. The summed E-state index contributed by atoms with van der Waals surface area (Å²) in [5, 5.41) is 0. The molecule has 0 heterocycles. The van der Waals surface area contributed by atoms with Crippen molar-refractivity contribution in [3.63, 3.8) is 0 Å². The normalized spacial score (nSPS) is 26.4. The first kappa shape index (κ1) is 11.6. The fourth-order valence-electron chi connectivity index (χ4n) is 2.85. The zero-order chi connectivity index (χ0) is 12.1. The van der Waals surface area contributed by atoms with E-state index < -0.39 is 0 Å². The largest absolute Gasteiger partial charge is 0.207 e. The van der Waals surface area contributed by atoms with E-state index in [1.807, 2.05) is 0 Å². The van der Waals surface area contributed by atoms with E-state index in [1.165, 1.54) is 11.1 Å². The van der Waals surface area contributed by atoms with Crippen LogP contribution in [0.3, 0.4) is 0 Å². The van der Waals surface area contributed by atoms with Crippen LogP contribution in [0.2, 0.25) is 0 Å². The Morgan fingerprint density at radius 3 is 2.44 bits per heavy atom. The Balaban J connectivity index is 2.62. The predicted molar refractivity (Wildman–Crippen MR) is 66.8 cm³/mol. The summed E-state index contributed by atoms with van der Waals surface area (Å²) in [6, 6.07) is 0. The van der Waals surface area contributed by atoms with Crippen LogP contribution in [0, 0.1) is 10.8 Å². The second-order valence-corrected chi connectivity index (χ2v) is 5.98. The molecule has 0 aromatic carbocycles. The van der Waals surface area contributed by atoms with Crippen LogP contribution >= 0.6 is 0 Å². The maximum absolute atomic E-state index is 14.0. The zero-order valence-corrected chi connectivity index (χ0v) is 10.9. The van der Waals surface area contributed by atoms with Gasteiger partial charge in [0, 0.05) is 5.41 Å². The molecule has 0 atom stereocenters. The molecular weight excluding hydrogens is 199 g/mol. The summed E-state index contributed by atoms with van der Waals surface area (Å²) in [4.78, 5) is 0. The molecule has 2 aliphatic rings. The Morgan fingerprint density at radius 2 is 1.88 bits per heavy atom. The first-order chi connectivity index (χ1) is 7.31. The molecule has 0 aliphatic heterocycles. The van der Waals surface area contributed by atoms with Gasteiger partial charge in [-0.25, -0.2) is 4.39 Å². The van der Waals surface area contributed by atoms with E-state index in [0.717, 1.165) is 18.4 Å². The van der Waals surface area contributed by atoms with Crippen molar-refractivity contribution in [3.8, 4) is 0 Å². The van der Waals surface area contributed by atoms with E-state index >= 15 is 0 Å². The van der Waals surface area contributed by atoms with Crippen LogP contribution in [0.25, 0.3) is 0 Å². The molecule has 0 N–H and O–H groups in total. The van der Waals surface area contributed by atoms with Crippen molar-refractivity contribution in [2.24, 2.45) is 10.8 Å². The lowest BCUT2D eigenvalue weighted by molar-refractivity contribution is 0.205. The van der Waals surface area contributed by atoms with Crippen LogP contribution in [0.5, 0.6) is 0 Å².